The molecule has 1 heterocycles. The first-order valence-corrected chi connectivity index (χ1v) is 5.89. The fourth-order valence-corrected chi connectivity index (χ4v) is 2.21. The van der Waals surface area contributed by atoms with Crippen LogP contribution in [0.1, 0.15) is 19.8 Å². The lowest BCUT2D eigenvalue weighted by Crippen LogP contribution is -2.40. The van der Waals surface area contributed by atoms with Crippen molar-refractivity contribution in [2.75, 3.05) is 31.6 Å². The number of halogens is 1. The Morgan fingerprint density at radius 1 is 1.58 bits per heavy atom. The van der Waals surface area contributed by atoms with Crippen LogP contribution in [-0.2, 0) is 4.74 Å². The third-order valence-electron chi connectivity index (χ3n) is 2.27. The molecule has 0 amide bonds. The summed E-state index contributed by atoms with van der Waals surface area (Å²) in [6, 6.07) is 0. The summed E-state index contributed by atoms with van der Waals surface area (Å²) in [4.78, 5) is 2.47. The molecule has 12 heavy (non-hydrogen) atoms. The maximum Gasteiger partial charge on any atom is 0.0702 e. The molecular weight excluding hydrogens is 218 g/mol. The Hall–Kier alpha value is 0.400. The summed E-state index contributed by atoms with van der Waals surface area (Å²) >= 11 is 3.46. The van der Waals surface area contributed by atoms with Gasteiger partial charge in [-0.1, -0.05) is 15.9 Å². The number of piperidine rings is 1. The summed E-state index contributed by atoms with van der Waals surface area (Å²) in [5, 5.41) is 1.08. The van der Waals surface area contributed by atoms with Gasteiger partial charge in [-0.05, 0) is 26.3 Å². The lowest BCUT2D eigenvalue weighted by atomic mass is 10.1. The minimum atomic E-state index is 0.489. The van der Waals surface area contributed by atoms with Gasteiger partial charge in [-0.25, -0.2) is 0 Å². The second kappa shape index (κ2) is 5.95. The molecule has 0 bridgehead atoms. The normalized spacial score (nSPS) is 26.0. The smallest absolute Gasteiger partial charge is 0.0702 e. The van der Waals surface area contributed by atoms with Crippen LogP contribution in [0.15, 0.2) is 0 Å². The largest absolute Gasteiger partial charge is 0.377 e. The Bertz CT molecular complexity index is 105. The van der Waals surface area contributed by atoms with Crippen LogP contribution >= 0.6 is 15.9 Å². The van der Waals surface area contributed by atoms with E-state index in [-0.39, 0.29) is 0 Å². The number of ether oxygens (including phenoxy) is 1. The molecule has 0 spiro atoms. The summed E-state index contributed by atoms with van der Waals surface area (Å²) in [6.45, 7) is 6.45. The van der Waals surface area contributed by atoms with Gasteiger partial charge in [0.15, 0.2) is 0 Å². The van der Waals surface area contributed by atoms with E-state index in [1.54, 1.807) is 0 Å². The number of likely N-dealkylation sites (tertiary alicyclic amines) is 1. The van der Waals surface area contributed by atoms with Crippen LogP contribution in [0.25, 0.3) is 0 Å². The molecule has 1 rings (SSSR count). The fourth-order valence-electron chi connectivity index (χ4n) is 1.71. The van der Waals surface area contributed by atoms with Crippen LogP contribution in [0.5, 0.6) is 0 Å². The maximum absolute atomic E-state index is 5.60. The SMILES string of the molecule is CCOC1CCCN(CCBr)C1. The van der Waals surface area contributed by atoms with Gasteiger partial charge in [0.1, 0.15) is 0 Å². The van der Waals surface area contributed by atoms with Crippen molar-refractivity contribution >= 4 is 15.9 Å². The summed E-state index contributed by atoms with van der Waals surface area (Å²) < 4.78 is 5.60. The molecule has 3 heteroatoms. The molecule has 1 atom stereocenters. The number of hydrogen-bond donors (Lipinski definition) is 0. The van der Waals surface area contributed by atoms with Crippen LogP contribution in [-0.4, -0.2) is 42.6 Å². The van der Waals surface area contributed by atoms with Crippen LogP contribution in [0.4, 0.5) is 0 Å². The standard InChI is InChI=1S/C9H18BrNO/c1-2-12-9-4-3-6-11(8-9)7-5-10/h9H,2-8H2,1H3. The van der Waals surface area contributed by atoms with E-state index in [1.165, 1.54) is 19.4 Å². The van der Waals surface area contributed by atoms with E-state index in [1.807, 2.05) is 0 Å². The molecule has 1 saturated heterocycles. The first-order valence-electron chi connectivity index (χ1n) is 4.76. The van der Waals surface area contributed by atoms with Gasteiger partial charge in [0, 0.05) is 25.0 Å². The summed E-state index contributed by atoms with van der Waals surface area (Å²) in [7, 11) is 0. The van der Waals surface area contributed by atoms with Crippen LogP contribution < -0.4 is 0 Å². The predicted molar refractivity (Wildman–Crippen MR) is 54.9 cm³/mol. The fraction of sp³-hybridized carbons (Fsp3) is 1.00. The zero-order valence-corrected chi connectivity index (χ0v) is 9.35. The highest BCUT2D eigenvalue weighted by Crippen LogP contribution is 2.12. The number of hydrogen-bond acceptors (Lipinski definition) is 2. The molecule has 72 valence electrons. The van der Waals surface area contributed by atoms with Crippen molar-refractivity contribution in [3.8, 4) is 0 Å². The molecule has 0 aromatic rings. The zero-order valence-electron chi connectivity index (χ0n) is 7.76. The molecular formula is C9H18BrNO. The van der Waals surface area contributed by atoms with Gasteiger partial charge in [-0.3, -0.25) is 4.90 Å². The van der Waals surface area contributed by atoms with Gasteiger partial charge < -0.3 is 4.74 Å². The second-order valence-corrected chi connectivity index (χ2v) is 4.00. The molecule has 1 aliphatic rings. The number of rotatable bonds is 4. The van der Waals surface area contributed by atoms with E-state index in [9.17, 15) is 0 Å². The minimum Gasteiger partial charge on any atom is -0.377 e. The van der Waals surface area contributed by atoms with Gasteiger partial charge in [0.05, 0.1) is 6.10 Å². The molecule has 1 fully saturated rings. The Morgan fingerprint density at radius 3 is 3.08 bits per heavy atom. The molecule has 0 aromatic heterocycles. The Morgan fingerprint density at radius 2 is 2.42 bits per heavy atom. The van der Waals surface area contributed by atoms with Crippen molar-refractivity contribution in [3.05, 3.63) is 0 Å². The molecule has 2 nitrogen and oxygen atoms in total. The van der Waals surface area contributed by atoms with Gasteiger partial charge >= 0.3 is 0 Å². The van der Waals surface area contributed by atoms with Gasteiger partial charge in [-0.2, -0.15) is 0 Å². The Kier molecular flexibility index (Phi) is 5.19. The minimum absolute atomic E-state index is 0.489. The quantitative estimate of drug-likeness (QED) is 0.691. The average molecular weight is 236 g/mol. The van der Waals surface area contributed by atoms with E-state index >= 15 is 0 Å². The molecule has 1 unspecified atom stereocenters. The average Bonchev–Trinajstić information content (AvgIpc) is 2.06. The van der Waals surface area contributed by atoms with Crippen LogP contribution in [0.2, 0.25) is 0 Å². The van der Waals surface area contributed by atoms with E-state index in [4.69, 9.17) is 4.74 Å². The number of alkyl halides is 1. The molecule has 0 aromatic carbocycles. The van der Waals surface area contributed by atoms with E-state index in [0.29, 0.717) is 6.10 Å². The lowest BCUT2D eigenvalue weighted by Gasteiger charge is -2.31. The Labute approximate surface area is 83.4 Å². The van der Waals surface area contributed by atoms with E-state index < -0.39 is 0 Å². The summed E-state index contributed by atoms with van der Waals surface area (Å²) in [6.07, 6.45) is 3.02. The molecule has 0 radical (unpaired) electrons. The third-order valence-corrected chi connectivity index (χ3v) is 2.62. The van der Waals surface area contributed by atoms with Crippen LogP contribution in [0.3, 0.4) is 0 Å². The van der Waals surface area contributed by atoms with E-state index in [2.05, 4.69) is 27.8 Å². The highest BCUT2D eigenvalue weighted by molar-refractivity contribution is 9.09. The van der Waals surface area contributed by atoms with Gasteiger partial charge in [-0.15, -0.1) is 0 Å². The highest BCUT2D eigenvalue weighted by atomic mass is 79.9. The highest BCUT2D eigenvalue weighted by Gasteiger charge is 2.18. The number of nitrogens with zero attached hydrogens (tertiary/aromatic N) is 1. The van der Waals surface area contributed by atoms with Crippen molar-refractivity contribution < 1.29 is 4.74 Å². The van der Waals surface area contributed by atoms with Crippen molar-refractivity contribution in [2.45, 2.75) is 25.9 Å². The first-order chi connectivity index (χ1) is 5.86. The Balaban J connectivity index is 2.20. The third kappa shape index (κ3) is 3.42. The molecule has 1 aliphatic heterocycles. The zero-order chi connectivity index (χ0) is 8.81. The molecule has 0 aliphatic carbocycles. The lowest BCUT2D eigenvalue weighted by molar-refractivity contribution is 0.00789. The monoisotopic (exact) mass is 235 g/mol. The van der Waals surface area contributed by atoms with Crippen molar-refractivity contribution in [1.82, 2.24) is 4.90 Å². The molecule has 0 saturated carbocycles. The van der Waals surface area contributed by atoms with Crippen molar-refractivity contribution in [2.24, 2.45) is 0 Å². The van der Waals surface area contributed by atoms with E-state index in [0.717, 1.165) is 25.0 Å². The van der Waals surface area contributed by atoms with Crippen LogP contribution in [0, 0.1) is 0 Å². The topological polar surface area (TPSA) is 12.5 Å². The van der Waals surface area contributed by atoms with Crippen molar-refractivity contribution in [1.29, 1.82) is 0 Å². The summed E-state index contributed by atoms with van der Waals surface area (Å²) in [5.41, 5.74) is 0. The van der Waals surface area contributed by atoms with Gasteiger partial charge in [0.2, 0.25) is 0 Å². The van der Waals surface area contributed by atoms with Crippen molar-refractivity contribution in [3.63, 3.8) is 0 Å². The molecule has 0 N–H and O–H groups in total. The van der Waals surface area contributed by atoms with Gasteiger partial charge in [0.25, 0.3) is 0 Å². The first kappa shape index (κ1) is 10.5. The predicted octanol–water partition coefficient (Wildman–Crippen LogP) is 1.88. The summed E-state index contributed by atoms with van der Waals surface area (Å²) in [5.74, 6) is 0. The second-order valence-electron chi connectivity index (χ2n) is 3.21. The maximum atomic E-state index is 5.60.